The molecule has 3 rings (SSSR count). The van der Waals surface area contributed by atoms with Crippen molar-refractivity contribution in [3.05, 3.63) is 58.7 Å². The number of piperazine rings is 1. The number of aromatic nitrogens is 1. The third kappa shape index (κ3) is 4.71. The highest BCUT2D eigenvalue weighted by Crippen LogP contribution is 2.17. The van der Waals surface area contributed by atoms with Gasteiger partial charge < -0.3 is 9.64 Å². The predicted octanol–water partition coefficient (Wildman–Crippen LogP) is 3.23. The van der Waals surface area contributed by atoms with Crippen molar-refractivity contribution in [3.8, 4) is 0 Å². The van der Waals surface area contributed by atoms with Crippen molar-refractivity contribution in [3.63, 3.8) is 0 Å². The number of esters is 1. The summed E-state index contributed by atoms with van der Waals surface area (Å²) in [5.41, 5.74) is 1.73. The minimum Gasteiger partial charge on any atom is -0.462 e. The Bertz CT molecular complexity index is 713. The average molecular weight is 360 g/mol. The fraction of sp³-hybridized carbons (Fsp3) is 0.368. The van der Waals surface area contributed by atoms with E-state index < -0.39 is 0 Å². The number of halogens is 1. The lowest BCUT2D eigenvalue weighted by Gasteiger charge is -2.35. The molecule has 0 aliphatic carbocycles. The molecule has 1 aromatic heterocycles. The largest absolute Gasteiger partial charge is 0.462 e. The van der Waals surface area contributed by atoms with Gasteiger partial charge in [-0.3, -0.25) is 4.90 Å². The Morgan fingerprint density at radius 1 is 1.20 bits per heavy atom. The zero-order valence-electron chi connectivity index (χ0n) is 14.3. The molecule has 6 heteroatoms. The van der Waals surface area contributed by atoms with Gasteiger partial charge in [-0.15, -0.1) is 0 Å². The number of hydrogen-bond acceptors (Lipinski definition) is 5. The number of rotatable bonds is 5. The molecular formula is C19H22ClN3O2. The quantitative estimate of drug-likeness (QED) is 0.767. The third-order valence-electron chi connectivity index (χ3n) is 4.25. The van der Waals surface area contributed by atoms with Crippen LogP contribution in [0.2, 0.25) is 5.02 Å². The molecule has 132 valence electrons. The Morgan fingerprint density at radius 3 is 2.64 bits per heavy atom. The summed E-state index contributed by atoms with van der Waals surface area (Å²) in [6.45, 7) is 6.82. The summed E-state index contributed by atoms with van der Waals surface area (Å²) in [5, 5.41) is 0.780. The molecule has 25 heavy (non-hydrogen) atoms. The number of anilines is 1. The lowest BCUT2D eigenvalue weighted by molar-refractivity contribution is 0.0526. The van der Waals surface area contributed by atoms with E-state index in [1.807, 2.05) is 24.3 Å². The SMILES string of the molecule is CCOC(=O)c1ccc(N2CCN(Cc3cccc(Cl)c3)CC2)nc1. The first-order chi connectivity index (χ1) is 12.2. The molecule has 0 amide bonds. The summed E-state index contributed by atoms with van der Waals surface area (Å²) in [7, 11) is 0. The number of benzene rings is 1. The highest BCUT2D eigenvalue weighted by Gasteiger charge is 2.18. The van der Waals surface area contributed by atoms with Gasteiger partial charge in [-0.2, -0.15) is 0 Å². The first kappa shape index (κ1) is 17.7. The fourth-order valence-corrected chi connectivity index (χ4v) is 3.15. The van der Waals surface area contributed by atoms with Crippen LogP contribution in [0.3, 0.4) is 0 Å². The summed E-state index contributed by atoms with van der Waals surface area (Å²) in [6.07, 6.45) is 1.59. The number of nitrogens with zero attached hydrogens (tertiary/aromatic N) is 3. The number of carbonyl (C=O) groups excluding carboxylic acids is 1. The zero-order chi connectivity index (χ0) is 17.6. The van der Waals surface area contributed by atoms with Crippen molar-refractivity contribution in [2.75, 3.05) is 37.7 Å². The Hall–Kier alpha value is -2.11. The number of ether oxygens (including phenoxy) is 1. The lowest BCUT2D eigenvalue weighted by Crippen LogP contribution is -2.46. The van der Waals surface area contributed by atoms with E-state index in [9.17, 15) is 4.79 Å². The van der Waals surface area contributed by atoms with Crippen molar-refractivity contribution in [1.29, 1.82) is 0 Å². The molecule has 0 spiro atoms. The molecule has 5 nitrogen and oxygen atoms in total. The van der Waals surface area contributed by atoms with Gasteiger partial charge >= 0.3 is 5.97 Å². The number of pyridine rings is 1. The lowest BCUT2D eigenvalue weighted by atomic mass is 10.2. The molecule has 0 atom stereocenters. The smallest absolute Gasteiger partial charge is 0.339 e. The molecule has 0 saturated carbocycles. The van der Waals surface area contributed by atoms with E-state index in [1.165, 1.54) is 5.56 Å². The molecular weight excluding hydrogens is 338 g/mol. The maximum absolute atomic E-state index is 11.7. The van der Waals surface area contributed by atoms with Gasteiger partial charge in [0.05, 0.1) is 12.2 Å². The highest BCUT2D eigenvalue weighted by atomic mass is 35.5. The molecule has 1 fully saturated rings. The van der Waals surface area contributed by atoms with Gasteiger partial charge in [0, 0.05) is 43.9 Å². The summed E-state index contributed by atoms with van der Waals surface area (Å²) >= 11 is 6.05. The van der Waals surface area contributed by atoms with Crippen LogP contribution in [0.15, 0.2) is 42.6 Å². The normalized spacial score (nSPS) is 15.2. The summed E-state index contributed by atoms with van der Waals surface area (Å²) in [6, 6.07) is 11.7. The van der Waals surface area contributed by atoms with Crippen LogP contribution in [-0.4, -0.2) is 48.6 Å². The average Bonchev–Trinajstić information content (AvgIpc) is 2.63. The maximum atomic E-state index is 11.7. The molecule has 2 heterocycles. The molecule has 2 aromatic rings. The van der Waals surface area contributed by atoms with Crippen LogP contribution in [0.4, 0.5) is 5.82 Å². The summed E-state index contributed by atoms with van der Waals surface area (Å²) in [4.78, 5) is 20.7. The van der Waals surface area contributed by atoms with Crippen LogP contribution in [0.1, 0.15) is 22.8 Å². The molecule has 1 aliphatic rings. The van der Waals surface area contributed by atoms with E-state index >= 15 is 0 Å². The maximum Gasteiger partial charge on any atom is 0.339 e. The number of hydrogen-bond donors (Lipinski definition) is 0. The van der Waals surface area contributed by atoms with E-state index in [0.29, 0.717) is 12.2 Å². The molecule has 1 aliphatic heterocycles. The molecule has 0 unspecified atom stereocenters. The van der Waals surface area contributed by atoms with Gasteiger partial charge in [0.2, 0.25) is 0 Å². The van der Waals surface area contributed by atoms with Crippen molar-refractivity contribution in [2.45, 2.75) is 13.5 Å². The molecule has 0 radical (unpaired) electrons. The van der Waals surface area contributed by atoms with E-state index in [4.69, 9.17) is 16.3 Å². The van der Waals surface area contributed by atoms with Crippen LogP contribution in [0.25, 0.3) is 0 Å². The second-order valence-corrected chi connectivity index (χ2v) is 6.46. The van der Waals surface area contributed by atoms with Gasteiger partial charge in [0.1, 0.15) is 5.82 Å². The van der Waals surface area contributed by atoms with E-state index in [-0.39, 0.29) is 5.97 Å². The summed E-state index contributed by atoms with van der Waals surface area (Å²) in [5.74, 6) is 0.573. The van der Waals surface area contributed by atoms with Gasteiger partial charge in [-0.05, 0) is 36.8 Å². The van der Waals surface area contributed by atoms with Gasteiger partial charge in [-0.25, -0.2) is 9.78 Å². The van der Waals surface area contributed by atoms with E-state index in [2.05, 4.69) is 20.9 Å². The summed E-state index contributed by atoms with van der Waals surface area (Å²) < 4.78 is 4.98. The van der Waals surface area contributed by atoms with Crippen LogP contribution in [0.5, 0.6) is 0 Å². The second kappa shape index (κ2) is 8.32. The molecule has 1 saturated heterocycles. The standard InChI is InChI=1S/C19H22ClN3O2/c1-2-25-19(24)16-6-7-18(21-13-16)23-10-8-22(9-11-23)14-15-4-3-5-17(20)12-15/h3-7,12-13H,2,8-11,14H2,1H3. The Balaban J connectivity index is 1.54. The minimum absolute atomic E-state index is 0.326. The Kier molecular flexibility index (Phi) is 5.89. The van der Waals surface area contributed by atoms with Gasteiger partial charge in [0.25, 0.3) is 0 Å². The van der Waals surface area contributed by atoms with Gasteiger partial charge in [-0.1, -0.05) is 23.7 Å². The number of carbonyl (C=O) groups is 1. The van der Waals surface area contributed by atoms with Crippen molar-refractivity contribution < 1.29 is 9.53 Å². The van der Waals surface area contributed by atoms with Crippen molar-refractivity contribution in [1.82, 2.24) is 9.88 Å². The topological polar surface area (TPSA) is 45.7 Å². The molecule has 0 N–H and O–H groups in total. The molecule has 0 bridgehead atoms. The van der Waals surface area contributed by atoms with Crippen molar-refractivity contribution in [2.24, 2.45) is 0 Å². The fourth-order valence-electron chi connectivity index (χ4n) is 2.94. The van der Waals surface area contributed by atoms with Crippen LogP contribution < -0.4 is 4.90 Å². The van der Waals surface area contributed by atoms with E-state index in [1.54, 1.807) is 19.2 Å². The highest BCUT2D eigenvalue weighted by molar-refractivity contribution is 6.30. The second-order valence-electron chi connectivity index (χ2n) is 6.02. The predicted molar refractivity (Wildman–Crippen MR) is 99.1 cm³/mol. The van der Waals surface area contributed by atoms with Crippen LogP contribution in [0, 0.1) is 0 Å². The monoisotopic (exact) mass is 359 g/mol. The zero-order valence-corrected chi connectivity index (χ0v) is 15.1. The first-order valence-corrected chi connectivity index (χ1v) is 8.88. The van der Waals surface area contributed by atoms with Crippen LogP contribution in [-0.2, 0) is 11.3 Å². The van der Waals surface area contributed by atoms with Crippen LogP contribution >= 0.6 is 11.6 Å². The third-order valence-corrected chi connectivity index (χ3v) is 4.49. The van der Waals surface area contributed by atoms with Gasteiger partial charge in [0.15, 0.2) is 0 Å². The Morgan fingerprint density at radius 2 is 2.00 bits per heavy atom. The Labute approximate surface area is 153 Å². The van der Waals surface area contributed by atoms with Crippen molar-refractivity contribution >= 4 is 23.4 Å². The minimum atomic E-state index is -0.326. The first-order valence-electron chi connectivity index (χ1n) is 8.50. The van der Waals surface area contributed by atoms with E-state index in [0.717, 1.165) is 43.6 Å². The molecule has 1 aromatic carbocycles.